The van der Waals surface area contributed by atoms with E-state index >= 15 is 0 Å². The maximum Gasteiger partial charge on any atom is 0.231 e. The van der Waals surface area contributed by atoms with E-state index in [4.69, 9.17) is 9.47 Å². The summed E-state index contributed by atoms with van der Waals surface area (Å²) < 4.78 is 10.9. The van der Waals surface area contributed by atoms with Crippen molar-refractivity contribution in [3.8, 4) is 11.5 Å². The molecule has 0 spiro atoms. The van der Waals surface area contributed by atoms with Crippen LogP contribution in [0.4, 0.5) is 0 Å². The third-order valence-electron chi connectivity index (χ3n) is 6.52. The lowest BCUT2D eigenvalue weighted by Crippen LogP contribution is -2.45. The molecule has 3 aliphatic heterocycles. The van der Waals surface area contributed by atoms with Gasteiger partial charge in [-0.1, -0.05) is 30.3 Å². The van der Waals surface area contributed by atoms with E-state index in [1.54, 1.807) is 0 Å². The fraction of sp³-hybridized carbons (Fsp3) is 0.417. The van der Waals surface area contributed by atoms with Gasteiger partial charge in [-0.3, -0.25) is 9.59 Å². The van der Waals surface area contributed by atoms with Gasteiger partial charge in [0.1, 0.15) is 0 Å². The molecule has 6 nitrogen and oxygen atoms in total. The fourth-order valence-corrected chi connectivity index (χ4v) is 4.84. The standard InChI is InChI=1S/C24H26N2O4/c27-22-7-10-24(25-22,14-17-5-6-20-21(13-17)30-16-29-20)11-8-23(28)26-12-9-18-3-1-2-4-19(18)15-26/h1-6,13H,7-12,14-16H2,(H,25,27). The summed E-state index contributed by atoms with van der Waals surface area (Å²) in [5, 5.41) is 3.18. The quantitative estimate of drug-likeness (QED) is 0.829. The highest BCUT2D eigenvalue weighted by Crippen LogP contribution is 2.36. The van der Waals surface area contributed by atoms with E-state index in [0.717, 1.165) is 36.4 Å². The molecular formula is C24H26N2O4. The largest absolute Gasteiger partial charge is 0.454 e. The Kier molecular flexibility index (Phi) is 4.85. The number of amides is 2. The lowest BCUT2D eigenvalue weighted by atomic mass is 9.84. The average molecular weight is 406 g/mol. The van der Waals surface area contributed by atoms with Gasteiger partial charge in [-0.2, -0.15) is 0 Å². The Balaban J connectivity index is 1.26. The maximum atomic E-state index is 13.0. The van der Waals surface area contributed by atoms with Gasteiger partial charge in [0.05, 0.1) is 0 Å². The van der Waals surface area contributed by atoms with Crippen LogP contribution in [0.25, 0.3) is 0 Å². The minimum absolute atomic E-state index is 0.0649. The highest BCUT2D eigenvalue weighted by molar-refractivity contribution is 5.80. The van der Waals surface area contributed by atoms with Gasteiger partial charge >= 0.3 is 0 Å². The Morgan fingerprint density at radius 1 is 1.07 bits per heavy atom. The molecule has 30 heavy (non-hydrogen) atoms. The van der Waals surface area contributed by atoms with E-state index in [0.29, 0.717) is 32.2 Å². The minimum atomic E-state index is -0.381. The van der Waals surface area contributed by atoms with Crippen LogP contribution in [0.3, 0.4) is 0 Å². The van der Waals surface area contributed by atoms with Crippen molar-refractivity contribution in [3.63, 3.8) is 0 Å². The molecule has 1 N–H and O–H groups in total. The Morgan fingerprint density at radius 3 is 2.73 bits per heavy atom. The molecule has 2 aromatic carbocycles. The predicted octanol–water partition coefficient (Wildman–Crippen LogP) is 2.97. The Labute approximate surface area is 176 Å². The van der Waals surface area contributed by atoms with Crippen molar-refractivity contribution < 1.29 is 19.1 Å². The Morgan fingerprint density at radius 2 is 1.90 bits per heavy atom. The van der Waals surface area contributed by atoms with Gasteiger partial charge < -0.3 is 19.7 Å². The molecule has 156 valence electrons. The zero-order chi connectivity index (χ0) is 20.6. The van der Waals surface area contributed by atoms with Crippen molar-refractivity contribution in [3.05, 3.63) is 59.2 Å². The number of carbonyl (C=O) groups is 2. The lowest BCUT2D eigenvalue weighted by molar-refractivity contribution is -0.132. The molecular weight excluding hydrogens is 380 g/mol. The molecule has 0 saturated carbocycles. The number of carbonyl (C=O) groups excluding carboxylic acids is 2. The predicted molar refractivity (Wildman–Crippen MR) is 111 cm³/mol. The van der Waals surface area contributed by atoms with Crippen molar-refractivity contribution in [1.82, 2.24) is 10.2 Å². The van der Waals surface area contributed by atoms with Gasteiger partial charge in [-0.15, -0.1) is 0 Å². The van der Waals surface area contributed by atoms with E-state index in [1.807, 2.05) is 29.2 Å². The number of rotatable bonds is 5. The summed E-state index contributed by atoms with van der Waals surface area (Å²) in [5.41, 5.74) is 3.28. The number of ether oxygens (including phenoxy) is 2. The number of benzene rings is 2. The molecule has 1 saturated heterocycles. The molecule has 2 aromatic rings. The molecule has 6 heteroatoms. The van der Waals surface area contributed by atoms with Crippen molar-refractivity contribution in [2.24, 2.45) is 0 Å². The van der Waals surface area contributed by atoms with E-state index < -0.39 is 0 Å². The molecule has 5 rings (SSSR count). The number of fused-ring (bicyclic) bond motifs is 2. The summed E-state index contributed by atoms with van der Waals surface area (Å²) in [5.74, 6) is 1.73. The molecule has 0 aliphatic carbocycles. The molecule has 1 fully saturated rings. The molecule has 3 heterocycles. The van der Waals surface area contributed by atoms with Crippen LogP contribution in [0.5, 0.6) is 11.5 Å². The first kappa shape index (κ1) is 19.0. The van der Waals surface area contributed by atoms with Crippen LogP contribution in [-0.4, -0.2) is 35.6 Å². The normalized spacial score (nSPS) is 22.0. The van der Waals surface area contributed by atoms with Gasteiger partial charge in [0.15, 0.2) is 11.5 Å². The smallest absolute Gasteiger partial charge is 0.231 e. The summed E-state index contributed by atoms with van der Waals surface area (Å²) in [4.78, 5) is 27.0. The van der Waals surface area contributed by atoms with Crippen molar-refractivity contribution in [2.75, 3.05) is 13.3 Å². The molecule has 3 aliphatic rings. The van der Waals surface area contributed by atoms with Crippen LogP contribution in [-0.2, 0) is 29.0 Å². The number of hydrogen-bond donors (Lipinski definition) is 1. The second-order valence-electron chi connectivity index (χ2n) is 8.53. The van der Waals surface area contributed by atoms with Crippen molar-refractivity contribution >= 4 is 11.8 Å². The number of hydrogen-bond acceptors (Lipinski definition) is 4. The summed E-state index contributed by atoms with van der Waals surface area (Å²) in [6.45, 7) is 1.68. The fourth-order valence-electron chi connectivity index (χ4n) is 4.84. The van der Waals surface area contributed by atoms with Gasteiger partial charge in [-0.25, -0.2) is 0 Å². The van der Waals surface area contributed by atoms with E-state index in [2.05, 4.69) is 23.5 Å². The molecule has 0 radical (unpaired) electrons. The van der Waals surface area contributed by atoms with Crippen LogP contribution in [0.2, 0.25) is 0 Å². The zero-order valence-electron chi connectivity index (χ0n) is 17.0. The van der Waals surface area contributed by atoms with Gasteiger partial charge in [0, 0.05) is 31.5 Å². The van der Waals surface area contributed by atoms with Crippen LogP contribution in [0.1, 0.15) is 42.4 Å². The highest BCUT2D eigenvalue weighted by atomic mass is 16.7. The summed E-state index contributed by atoms with van der Waals surface area (Å²) in [6.07, 6.45) is 3.93. The molecule has 2 amide bonds. The zero-order valence-corrected chi connectivity index (χ0v) is 17.0. The Hall–Kier alpha value is -3.02. The van der Waals surface area contributed by atoms with Crippen LogP contribution >= 0.6 is 0 Å². The summed E-state index contributed by atoms with van der Waals surface area (Å²) >= 11 is 0. The first-order chi connectivity index (χ1) is 14.6. The van der Waals surface area contributed by atoms with E-state index in [9.17, 15) is 9.59 Å². The van der Waals surface area contributed by atoms with Crippen LogP contribution in [0, 0.1) is 0 Å². The first-order valence-electron chi connectivity index (χ1n) is 10.6. The van der Waals surface area contributed by atoms with Gasteiger partial charge in [0.25, 0.3) is 0 Å². The van der Waals surface area contributed by atoms with E-state index in [1.165, 1.54) is 11.1 Å². The molecule has 1 unspecified atom stereocenters. The van der Waals surface area contributed by atoms with Gasteiger partial charge in [0.2, 0.25) is 18.6 Å². The maximum absolute atomic E-state index is 13.0. The summed E-state index contributed by atoms with van der Waals surface area (Å²) in [7, 11) is 0. The van der Waals surface area contributed by atoms with Crippen LogP contribution < -0.4 is 14.8 Å². The second-order valence-corrected chi connectivity index (χ2v) is 8.53. The molecule has 1 atom stereocenters. The van der Waals surface area contributed by atoms with Crippen LogP contribution in [0.15, 0.2) is 42.5 Å². The number of nitrogens with one attached hydrogen (secondary N) is 1. The average Bonchev–Trinajstić information content (AvgIpc) is 3.38. The second kappa shape index (κ2) is 7.67. The minimum Gasteiger partial charge on any atom is -0.454 e. The molecule has 0 bridgehead atoms. The SMILES string of the molecule is O=C1CCC(CCC(=O)N2CCc3ccccc3C2)(Cc2ccc3c(c2)OCO3)N1. The molecule has 0 aromatic heterocycles. The Bertz CT molecular complexity index is 989. The third-order valence-corrected chi connectivity index (χ3v) is 6.52. The first-order valence-corrected chi connectivity index (χ1v) is 10.6. The van der Waals surface area contributed by atoms with Crippen molar-refractivity contribution in [2.45, 2.75) is 50.6 Å². The van der Waals surface area contributed by atoms with E-state index in [-0.39, 0.29) is 24.1 Å². The van der Waals surface area contributed by atoms with Gasteiger partial charge in [-0.05, 0) is 54.5 Å². The lowest BCUT2D eigenvalue weighted by Gasteiger charge is -2.32. The van der Waals surface area contributed by atoms with Crippen molar-refractivity contribution in [1.29, 1.82) is 0 Å². The highest BCUT2D eigenvalue weighted by Gasteiger charge is 2.38. The summed E-state index contributed by atoms with van der Waals surface area (Å²) in [6, 6.07) is 14.2. The monoisotopic (exact) mass is 406 g/mol. The number of nitrogens with zero attached hydrogens (tertiary/aromatic N) is 1. The third kappa shape index (κ3) is 3.74. The topological polar surface area (TPSA) is 67.9 Å².